The van der Waals surface area contributed by atoms with E-state index in [1.54, 1.807) is 38.0 Å². The van der Waals surface area contributed by atoms with E-state index in [9.17, 15) is 9.59 Å². The highest BCUT2D eigenvalue weighted by atomic mass is 16.5. The molecule has 2 N–H and O–H groups in total. The van der Waals surface area contributed by atoms with E-state index in [0.29, 0.717) is 18.1 Å². The quantitative estimate of drug-likeness (QED) is 0.330. The molecule has 1 aliphatic rings. The van der Waals surface area contributed by atoms with Gasteiger partial charge in [-0.2, -0.15) is 0 Å². The number of hydrogen-bond acceptors (Lipinski definition) is 5. The van der Waals surface area contributed by atoms with Crippen LogP contribution < -0.4 is 10.6 Å². The third-order valence-corrected chi connectivity index (χ3v) is 4.98. The lowest BCUT2D eigenvalue weighted by atomic mass is 10.1. The van der Waals surface area contributed by atoms with E-state index in [0.717, 1.165) is 51.4 Å². The summed E-state index contributed by atoms with van der Waals surface area (Å²) >= 11 is 0. The van der Waals surface area contributed by atoms with Crippen LogP contribution in [0.5, 0.6) is 0 Å². The maximum absolute atomic E-state index is 12.0. The van der Waals surface area contributed by atoms with Crippen LogP contribution in [0.4, 0.5) is 0 Å². The maximum atomic E-state index is 12.0. The normalized spacial score (nSPS) is 14.8. The zero-order valence-electron chi connectivity index (χ0n) is 19.2. The third-order valence-electron chi connectivity index (χ3n) is 4.98. The van der Waals surface area contributed by atoms with Gasteiger partial charge in [-0.3, -0.25) is 14.5 Å². The van der Waals surface area contributed by atoms with Crippen molar-refractivity contribution < 1.29 is 14.3 Å². The summed E-state index contributed by atoms with van der Waals surface area (Å²) in [4.78, 5) is 34.1. The van der Waals surface area contributed by atoms with Crippen LogP contribution >= 0.6 is 0 Å². The number of rotatable bonds is 9. The molecule has 2 rings (SSSR count). The number of aliphatic imine (C=N–C) groups is 1. The zero-order chi connectivity index (χ0) is 22.6. The molecule has 9 nitrogen and oxygen atoms in total. The first-order valence-electron chi connectivity index (χ1n) is 10.7. The zero-order valence-corrected chi connectivity index (χ0v) is 19.2. The highest BCUT2D eigenvalue weighted by molar-refractivity contribution is 5.93. The second kappa shape index (κ2) is 12.9. The number of hydrogen-bond donors (Lipinski definition) is 2. The van der Waals surface area contributed by atoms with E-state index >= 15 is 0 Å². The first-order chi connectivity index (χ1) is 14.9. The van der Waals surface area contributed by atoms with Crippen molar-refractivity contribution in [1.82, 2.24) is 25.3 Å². The molecule has 0 unspecified atom stereocenters. The monoisotopic (exact) mass is 432 g/mol. The van der Waals surface area contributed by atoms with Crippen LogP contribution in [-0.4, -0.2) is 107 Å². The fraction of sp³-hybridized carbons (Fsp3) is 0.591. The van der Waals surface area contributed by atoms with Gasteiger partial charge in [0.1, 0.15) is 0 Å². The average Bonchev–Trinajstić information content (AvgIpc) is 2.78. The van der Waals surface area contributed by atoms with Crippen molar-refractivity contribution in [3.05, 3.63) is 35.4 Å². The minimum Gasteiger partial charge on any atom is -0.379 e. The van der Waals surface area contributed by atoms with Gasteiger partial charge in [0.05, 0.1) is 26.3 Å². The highest BCUT2D eigenvalue weighted by Crippen LogP contribution is 2.07. The number of ether oxygens (including phenoxy) is 1. The number of likely N-dealkylation sites (N-methyl/N-ethyl adjacent to an activating group) is 1. The first-order valence-corrected chi connectivity index (χ1v) is 10.7. The molecular weight excluding hydrogens is 396 g/mol. The Labute approximate surface area is 185 Å². The van der Waals surface area contributed by atoms with Crippen LogP contribution in [0.15, 0.2) is 29.3 Å². The van der Waals surface area contributed by atoms with E-state index in [2.05, 4.69) is 20.5 Å². The molecule has 1 aromatic carbocycles. The van der Waals surface area contributed by atoms with Crippen molar-refractivity contribution in [3.63, 3.8) is 0 Å². The Bertz CT molecular complexity index is 727. The molecule has 0 bridgehead atoms. The van der Waals surface area contributed by atoms with E-state index in [4.69, 9.17) is 4.74 Å². The molecule has 9 heteroatoms. The highest BCUT2D eigenvalue weighted by Gasteiger charge is 2.10. The number of carbonyl (C=O) groups is 2. The minimum absolute atomic E-state index is 0.0191. The van der Waals surface area contributed by atoms with Gasteiger partial charge in [-0.15, -0.1) is 0 Å². The number of morpholine rings is 1. The SMILES string of the molecule is CN(C)C(=O)CNC(=NCc1ccc(C(=O)N(C)C)cc1)NCCCN1CCOCC1. The summed E-state index contributed by atoms with van der Waals surface area (Å²) in [5, 5.41) is 6.43. The van der Waals surface area contributed by atoms with Crippen molar-refractivity contribution in [2.24, 2.45) is 4.99 Å². The van der Waals surface area contributed by atoms with Crippen molar-refractivity contribution in [2.75, 3.05) is 74.1 Å². The molecule has 1 saturated heterocycles. The Hall–Kier alpha value is -2.65. The fourth-order valence-electron chi connectivity index (χ4n) is 3.01. The maximum Gasteiger partial charge on any atom is 0.253 e. The van der Waals surface area contributed by atoms with Gasteiger partial charge in [-0.05, 0) is 30.7 Å². The molecule has 0 radical (unpaired) electrons. The number of benzene rings is 1. The second-order valence-electron chi connectivity index (χ2n) is 7.94. The smallest absolute Gasteiger partial charge is 0.253 e. The second-order valence-corrected chi connectivity index (χ2v) is 7.94. The van der Waals surface area contributed by atoms with Gasteiger partial charge >= 0.3 is 0 Å². The standard InChI is InChI=1S/C22H36N6O3/c1-26(2)20(29)17-25-22(23-10-5-11-28-12-14-31-15-13-28)24-16-18-6-8-19(9-7-18)21(30)27(3)4/h6-9H,5,10-17H2,1-4H3,(H2,23,24,25). The van der Waals surface area contributed by atoms with Crippen LogP contribution in [-0.2, 0) is 16.1 Å². The van der Waals surface area contributed by atoms with Crippen molar-refractivity contribution >= 4 is 17.8 Å². The van der Waals surface area contributed by atoms with Crippen molar-refractivity contribution in [2.45, 2.75) is 13.0 Å². The molecule has 1 aliphatic heterocycles. The number of nitrogens with one attached hydrogen (secondary N) is 2. The molecule has 1 fully saturated rings. The van der Waals surface area contributed by atoms with E-state index in [1.165, 1.54) is 0 Å². The van der Waals surface area contributed by atoms with Crippen molar-refractivity contribution in [3.8, 4) is 0 Å². The summed E-state index contributed by atoms with van der Waals surface area (Å²) in [6, 6.07) is 7.43. The third kappa shape index (κ3) is 8.94. The number of amides is 2. The molecule has 31 heavy (non-hydrogen) atoms. The first kappa shape index (κ1) is 24.6. The van der Waals surface area contributed by atoms with E-state index in [-0.39, 0.29) is 18.4 Å². The van der Waals surface area contributed by atoms with Gasteiger partial charge in [-0.1, -0.05) is 12.1 Å². The summed E-state index contributed by atoms with van der Waals surface area (Å²) < 4.78 is 5.38. The molecule has 1 aromatic rings. The molecule has 1 heterocycles. The molecule has 0 atom stereocenters. The summed E-state index contributed by atoms with van der Waals surface area (Å²) in [6.07, 6.45) is 0.976. The van der Waals surface area contributed by atoms with Crippen LogP contribution in [0.1, 0.15) is 22.3 Å². The van der Waals surface area contributed by atoms with Gasteiger partial charge in [0.25, 0.3) is 5.91 Å². The Morgan fingerprint density at radius 2 is 1.71 bits per heavy atom. The number of nitrogens with zero attached hydrogens (tertiary/aromatic N) is 4. The predicted molar refractivity (Wildman–Crippen MR) is 122 cm³/mol. The Balaban J connectivity index is 1.90. The van der Waals surface area contributed by atoms with Crippen molar-refractivity contribution in [1.29, 1.82) is 0 Å². The topological polar surface area (TPSA) is 89.5 Å². The predicted octanol–water partition coefficient (Wildman–Crippen LogP) is 0.234. The average molecular weight is 433 g/mol. The van der Waals surface area contributed by atoms with Gasteiger partial charge in [0.2, 0.25) is 5.91 Å². The lowest BCUT2D eigenvalue weighted by Gasteiger charge is -2.26. The van der Waals surface area contributed by atoms with Crippen LogP contribution in [0.25, 0.3) is 0 Å². The summed E-state index contributed by atoms with van der Waals surface area (Å²) in [5.74, 6) is 0.557. The lowest BCUT2D eigenvalue weighted by Crippen LogP contribution is -2.44. The number of guanidine groups is 1. The minimum atomic E-state index is -0.0264. The van der Waals surface area contributed by atoms with Gasteiger partial charge < -0.3 is 25.2 Å². The summed E-state index contributed by atoms with van der Waals surface area (Å²) in [5.41, 5.74) is 1.64. The van der Waals surface area contributed by atoms with Gasteiger partial charge in [-0.25, -0.2) is 4.99 Å². The molecular formula is C22H36N6O3. The van der Waals surface area contributed by atoms with Gasteiger partial charge in [0, 0.05) is 53.4 Å². The van der Waals surface area contributed by atoms with E-state index < -0.39 is 0 Å². The lowest BCUT2D eigenvalue weighted by molar-refractivity contribution is -0.127. The van der Waals surface area contributed by atoms with Gasteiger partial charge in [0.15, 0.2) is 5.96 Å². The molecule has 0 saturated carbocycles. The largest absolute Gasteiger partial charge is 0.379 e. The fourth-order valence-corrected chi connectivity index (χ4v) is 3.01. The summed E-state index contributed by atoms with van der Waals surface area (Å²) in [6.45, 7) is 5.94. The van der Waals surface area contributed by atoms with Crippen LogP contribution in [0.2, 0.25) is 0 Å². The van der Waals surface area contributed by atoms with E-state index in [1.807, 2.05) is 24.3 Å². The Morgan fingerprint density at radius 3 is 2.32 bits per heavy atom. The van der Waals surface area contributed by atoms with Crippen LogP contribution in [0.3, 0.4) is 0 Å². The Kier molecular flexibility index (Phi) is 10.3. The van der Waals surface area contributed by atoms with Crippen LogP contribution in [0, 0.1) is 0 Å². The molecule has 2 amide bonds. The number of carbonyl (C=O) groups excluding carboxylic acids is 2. The molecule has 0 aromatic heterocycles. The molecule has 0 aliphatic carbocycles. The Morgan fingerprint density at radius 1 is 1.03 bits per heavy atom. The molecule has 0 spiro atoms. The summed E-state index contributed by atoms with van der Waals surface area (Å²) in [7, 11) is 6.93. The molecule has 172 valence electrons.